The first-order chi connectivity index (χ1) is 18.2. The van der Waals surface area contributed by atoms with Gasteiger partial charge in [0.25, 0.3) is 0 Å². The van der Waals surface area contributed by atoms with Crippen LogP contribution in [0.1, 0.15) is 125 Å². The second kappa shape index (κ2) is 13.7. The van der Waals surface area contributed by atoms with Crippen molar-refractivity contribution in [3.8, 4) is 0 Å². The molecule has 0 spiro atoms. The monoisotopic (exact) mass is 532 g/mol. The van der Waals surface area contributed by atoms with E-state index in [0.717, 1.165) is 74.5 Å². The molecule has 4 aliphatic rings. The van der Waals surface area contributed by atoms with Gasteiger partial charge < -0.3 is 21.5 Å². The van der Waals surface area contributed by atoms with E-state index < -0.39 is 0 Å². The molecular weight excluding hydrogens is 466 g/mol. The lowest BCUT2D eigenvalue weighted by Crippen LogP contribution is -2.59. The Morgan fingerprint density at radius 1 is 0.789 bits per heavy atom. The van der Waals surface area contributed by atoms with Crippen LogP contribution in [0.4, 0.5) is 0 Å². The number of aliphatic hydroxyl groups excluding tert-OH is 1. The zero-order chi connectivity index (χ0) is 27.3. The summed E-state index contributed by atoms with van der Waals surface area (Å²) in [4.78, 5) is 0. The lowest BCUT2D eigenvalue weighted by atomic mass is 9.43. The highest BCUT2D eigenvalue weighted by Crippen LogP contribution is 2.68. The maximum Gasteiger partial charge on any atom is 0.0577 e. The fourth-order valence-electron chi connectivity index (χ4n) is 10.5. The van der Waals surface area contributed by atoms with Crippen LogP contribution in [0.5, 0.6) is 0 Å². The van der Waals surface area contributed by atoms with Crippen molar-refractivity contribution in [1.29, 1.82) is 0 Å². The van der Waals surface area contributed by atoms with Gasteiger partial charge in [-0.3, -0.25) is 0 Å². The van der Waals surface area contributed by atoms with Gasteiger partial charge in [-0.1, -0.05) is 53.9 Å². The highest BCUT2D eigenvalue weighted by atomic mass is 16.3. The van der Waals surface area contributed by atoms with Crippen LogP contribution < -0.4 is 16.4 Å². The highest BCUT2D eigenvalue weighted by molar-refractivity contribution is 5.11. The summed E-state index contributed by atoms with van der Waals surface area (Å²) >= 11 is 0. The van der Waals surface area contributed by atoms with Gasteiger partial charge in [0.05, 0.1) is 6.10 Å². The molecule has 0 amide bonds. The van der Waals surface area contributed by atoms with E-state index in [1.807, 2.05) is 0 Å². The lowest BCUT2D eigenvalue weighted by Gasteiger charge is -2.62. The van der Waals surface area contributed by atoms with E-state index in [9.17, 15) is 5.11 Å². The Kier molecular flexibility index (Phi) is 11.1. The molecule has 0 aliphatic heterocycles. The largest absolute Gasteiger partial charge is 0.393 e. The predicted molar refractivity (Wildman–Crippen MR) is 162 cm³/mol. The second-order valence-corrected chi connectivity index (χ2v) is 15.3. The second-order valence-electron chi connectivity index (χ2n) is 15.3. The summed E-state index contributed by atoms with van der Waals surface area (Å²) in [6, 6.07) is 0.591. The Bertz CT molecular complexity index is 714. The third kappa shape index (κ3) is 6.66. The number of aliphatic hydroxyl groups is 1. The number of nitrogens with one attached hydrogen (secondary N) is 2. The Morgan fingerprint density at radius 3 is 2.29 bits per heavy atom. The van der Waals surface area contributed by atoms with E-state index >= 15 is 0 Å². The van der Waals surface area contributed by atoms with Crippen molar-refractivity contribution in [2.24, 2.45) is 58.0 Å². The van der Waals surface area contributed by atoms with Crippen LogP contribution in [0, 0.1) is 52.3 Å². The minimum Gasteiger partial charge on any atom is -0.393 e. The average molecular weight is 532 g/mol. The van der Waals surface area contributed by atoms with Gasteiger partial charge in [-0.15, -0.1) is 0 Å². The molecule has 4 rings (SSSR count). The van der Waals surface area contributed by atoms with Crippen molar-refractivity contribution >= 4 is 0 Å². The molecule has 5 N–H and O–H groups in total. The summed E-state index contributed by atoms with van der Waals surface area (Å²) in [5.74, 6) is 5.52. The van der Waals surface area contributed by atoms with Crippen molar-refractivity contribution < 1.29 is 5.11 Å². The number of hydrogen-bond donors (Lipinski definition) is 4. The van der Waals surface area contributed by atoms with Crippen LogP contribution in [0.25, 0.3) is 0 Å². The molecule has 0 saturated heterocycles. The van der Waals surface area contributed by atoms with E-state index in [1.54, 1.807) is 0 Å². The van der Waals surface area contributed by atoms with Crippen molar-refractivity contribution in [2.75, 3.05) is 26.2 Å². The van der Waals surface area contributed by atoms with Gasteiger partial charge in [-0.2, -0.15) is 0 Å². The first-order valence-corrected chi connectivity index (χ1v) is 17.0. The standard InChI is InChI=1S/C34H65N3O/c1-24(2)10-8-11-25(3)28-12-13-29-27-23-32(38)31-22-26(37-21-9-20-36-19-7-6-18-35)14-16-34(31,5)30(27)15-17-33(28,29)4/h24-32,36-38H,6-23,35H2,1-5H3/t25-,26-,27?,28?,29?,30?,31-,32-,33-,34-/m1/s1. The SMILES string of the molecule is CC(C)CCC[C@@H](C)C1CCC2C3C[C@@H](O)[C@H]4C[C@H](NCCCNCCCCN)CC[C@]4(C)C3CC[C@@]21C. The first kappa shape index (κ1) is 30.8. The highest BCUT2D eigenvalue weighted by Gasteiger charge is 2.62. The molecule has 0 heterocycles. The maximum absolute atomic E-state index is 11.6. The maximum atomic E-state index is 11.6. The molecule has 38 heavy (non-hydrogen) atoms. The molecule has 4 saturated carbocycles. The quantitative estimate of drug-likeness (QED) is 0.187. The summed E-state index contributed by atoms with van der Waals surface area (Å²) in [5, 5.41) is 19.1. The van der Waals surface area contributed by atoms with Gasteiger partial charge in [0.15, 0.2) is 0 Å². The van der Waals surface area contributed by atoms with E-state index in [-0.39, 0.29) is 6.10 Å². The van der Waals surface area contributed by atoms with Gasteiger partial charge >= 0.3 is 0 Å². The van der Waals surface area contributed by atoms with Crippen LogP contribution in [-0.2, 0) is 0 Å². The van der Waals surface area contributed by atoms with Crippen molar-refractivity contribution in [1.82, 2.24) is 10.6 Å². The number of nitrogens with two attached hydrogens (primary N) is 1. The van der Waals surface area contributed by atoms with E-state index in [1.165, 1.54) is 77.0 Å². The summed E-state index contributed by atoms with van der Waals surface area (Å²) in [6.45, 7) is 16.7. The molecule has 4 unspecified atom stereocenters. The minimum absolute atomic E-state index is 0.0973. The molecule has 0 bridgehead atoms. The smallest absolute Gasteiger partial charge is 0.0577 e. The lowest BCUT2D eigenvalue weighted by molar-refractivity contribution is -0.162. The summed E-state index contributed by atoms with van der Waals surface area (Å²) < 4.78 is 0. The fraction of sp³-hybridized carbons (Fsp3) is 1.00. The van der Waals surface area contributed by atoms with Gasteiger partial charge in [0.1, 0.15) is 0 Å². The van der Waals surface area contributed by atoms with Crippen LogP contribution in [0.2, 0.25) is 0 Å². The third-order valence-corrected chi connectivity index (χ3v) is 12.7. The van der Waals surface area contributed by atoms with Crippen molar-refractivity contribution in [3.05, 3.63) is 0 Å². The molecule has 4 fully saturated rings. The molecular formula is C34H65N3O. The minimum atomic E-state index is -0.0973. The van der Waals surface area contributed by atoms with Crippen LogP contribution >= 0.6 is 0 Å². The molecule has 0 radical (unpaired) electrons. The summed E-state index contributed by atoms with van der Waals surface area (Å²) in [7, 11) is 0. The Morgan fingerprint density at radius 2 is 1.53 bits per heavy atom. The zero-order valence-corrected chi connectivity index (χ0v) is 25.9. The zero-order valence-electron chi connectivity index (χ0n) is 25.9. The van der Waals surface area contributed by atoms with Gasteiger partial charge in [0.2, 0.25) is 0 Å². The number of rotatable bonds is 14. The molecule has 0 aromatic rings. The van der Waals surface area contributed by atoms with Crippen LogP contribution in [0.3, 0.4) is 0 Å². The number of hydrogen-bond acceptors (Lipinski definition) is 4. The van der Waals surface area contributed by atoms with Crippen LogP contribution in [-0.4, -0.2) is 43.4 Å². The molecule has 4 aliphatic carbocycles. The average Bonchev–Trinajstić information content (AvgIpc) is 3.23. The van der Waals surface area contributed by atoms with Crippen LogP contribution in [0.15, 0.2) is 0 Å². The van der Waals surface area contributed by atoms with Gasteiger partial charge in [0, 0.05) is 6.04 Å². The first-order valence-electron chi connectivity index (χ1n) is 17.0. The predicted octanol–water partition coefficient (Wildman–Crippen LogP) is 6.76. The Hall–Kier alpha value is -0.160. The van der Waals surface area contributed by atoms with Gasteiger partial charge in [-0.05, 0) is 149 Å². The van der Waals surface area contributed by atoms with Crippen molar-refractivity contribution in [3.63, 3.8) is 0 Å². The molecule has 222 valence electrons. The summed E-state index contributed by atoms with van der Waals surface area (Å²) in [6.07, 6.45) is 18.2. The topological polar surface area (TPSA) is 70.3 Å². The molecule has 4 nitrogen and oxygen atoms in total. The number of fused-ring (bicyclic) bond motifs is 5. The van der Waals surface area contributed by atoms with E-state index in [2.05, 4.69) is 45.3 Å². The fourth-order valence-corrected chi connectivity index (χ4v) is 10.5. The Labute approximate surface area is 236 Å². The normalized spacial score (nSPS) is 41.5. The molecule has 0 aromatic heterocycles. The summed E-state index contributed by atoms with van der Waals surface area (Å²) in [5.41, 5.74) is 6.44. The Balaban J connectivity index is 1.30. The number of unbranched alkanes of at least 4 members (excludes halogenated alkanes) is 1. The molecule has 0 aromatic carbocycles. The van der Waals surface area contributed by atoms with E-state index in [0.29, 0.717) is 22.8 Å². The third-order valence-electron chi connectivity index (χ3n) is 12.7. The molecule has 10 atom stereocenters. The molecule has 4 heteroatoms. The van der Waals surface area contributed by atoms with E-state index in [4.69, 9.17) is 5.73 Å². The van der Waals surface area contributed by atoms with Gasteiger partial charge in [-0.25, -0.2) is 0 Å². The van der Waals surface area contributed by atoms with Crippen molar-refractivity contribution in [2.45, 2.75) is 137 Å².